The maximum Gasteiger partial charge on any atom is 0.330 e. The molecule has 0 fully saturated rings. The first-order valence-electron chi connectivity index (χ1n) is 16.5. The Morgan fingerprint density at radius 2 is 1.25 bits per heavy atom. The van der Waals surface area contributed by atoms with E-state index in [1.54, 1.807) is 12.1 Å². The van der Waals surface area contributed by atoms with Crippen molar-refractivity contribution < 1.29 is 33.3 Å². The van der Waals surface area contributed by atoms with Crippen LogP contribution in [0.15, 0.2) is 83.2 Å². The zero-order valence-electron chi connectivity index (χ0n) is 28.3. The van der Waals surface area contributed by atoms with Gasteiger partial charge in [-0.3, -0.25) is 14.6 Å². The molecule has 0 atom stereocenters. The summed E-state index contributed by atoms with van der Waals surface area (Å²) in [6.07, 6.45) is 10.5. The van der Waals surface area contributed by atoms with Crippen molar-refractivity contribution in [2.75, 3.05) is 26.4 Å². The van der Waals surface area contributed by atoms with Gasteiger partial charge in [-0.25, -0.2) is 4.79 Å². The summed E-state index contributed by atoms with van der Waals surface area (Å²) < 4.78 is 21.6. The van der Waals surface area contributed by atoms with Gasteiger partial charge in [-0.15, -0.1) is 0 Å². The lowest BCUT2D eigenvalue weighted by Crippen LogP contribution is -2.02. The molecule has 3 aromatic carbocycles. The van der Waals surface area contributed by atoms with Crippen LogP contribution in [0.5, 0.6) is 11.5 Å². The van der Waals surface area contributed by atoms with Crippen molar-refractivity contribution in [2.45, 2.75) is 77.0 Å². The molecule has 0 aliphatic rings. The van der Waals surface area contributed by atoms with Crippen LogP contribution >= 0.6 is 11.8 Å². The van der Waals surface area contributed by atoms with E-state index in [1.807, 2.05) is 68.6 Å². The number of carbonyl (C=O) groups excluding carboxylic acids is 3. The Morgan fingerprint density at radius 1 is 0.708 bits per heavy atom. The molecule has 0 N–H and O–H groups in total. The fourth-order valence-electron chi connectivity index (χ4n) is 4.61. The Balaban J connectivity index is 1.40. The van der Waals surface area contributed by atoms with E-state index < -0.39 is 0 Å². The van der Waals surface area contributed by atoms with Gasteiger partial charge in [-0.1, -0.05) is 6.58 Å². The third-order valence-electron chi connectivity index (χ3n) is 7.35. The standard InChI is InChI=1S/C39H47NO7S/c1-5-38(42)47-25-13-9-8-12-23-45-34-18-14-32(15-19-34)28-40-36-26-30(3)37(27-29(36)2)48-39(43)33-16-20-35(21-17-33)46-24-11-7-6-10-22-44-31(4)41/h5,14-21,26-28H,1,6-13,22-25H2,2-4H3/b40-28+. The van der Waals surface area contributed by atoms with E-state index in [9.17, 15) is 14.4 Å². The highest BCUT2D eigenvalue weighted by atomic mass is 32.2. The summed E-state index contributed by atoms with van der Waals surface area (Å²) in [4.78, 5) is 40.5. The SMILES string of the molecule is C=CC(=O)OCCCCCCOc1ccc(/C=N/c2cc(C)c(SC(=O)c3ccc(OCCCCCCOC(C)=O)cc3)cc2C)cc1. The molecular weight excluding hydrogens is 626 g/mol. The third-order valence-corrected chi connectivity index (χ3v) is 8.43. The van der Waals surface area contributed by atoms with Crippen molar-refractivity contribution in [1.29, 1.82) is 0 Å². The summed E-state index contributed by atoms with van der Waals surface area (Å²) in [5.74, 6) is 0.936. The summed E-state index contributed by atoms with van der Waals surface area (Å²) in [6, 6.07) is 19.1. The maximum absolute atomic E-state index is 13.0. The second kappa shape index (κ2) is 21.5. The predicted octanol–water partition coefficient (Wildman–Crippen LogP) is 9.16. The van der Waals surface area contributed by atoms with Crippen LogP contribution in [0.1, 0.15) is 85.3 Å². The monoisotopic (exact) mass is 673 g/mol. The number of nitrogens with zero attached hydrogens (tertiary/aromatic N) is 1. The summed E-state index contributed by atoms with van der Waals surface area (Å²) >= 11 is 1.22. The number of thioether (sulfide) groups is 1. The second-order valence-corrected chi connectivity index (χ2v) is 12.4. The van der Waals surface area contributed by atoms with Crippen LogP contribution in [0, 0.1) is 13.8 Å². The molecule has 3 rings (SSSR count). The first-order valence-corrected chi connectivity index (χ1v) is 17.3. The summed E-state index contributed by atoms with van der Waals surface area (Å²) in [5.41, 5.74) is 4.41. The van der Waals surface area contributed by atoms with Crippen molar-refractivity contribution in [3.8, 4) is 11.5 Å². The topological polar surface area (TPSA) is 100 Å². The van der Waals surface area contributed by atoms with E-state index in [4.69, 9.17) is 23.9 Å². The lowest BCUT2D eigenvalue weighted by atomic mass is 10.1. The third kappa shape index (κ3) is 14.6. The van der Waals surface area contributed by atoms with Crippen LogP contribution in [0.2, 0.25) is 0 Å². The van der Waals surface area contributed by atoms with E-state index in [0.717, 1.165) is 90.1 Å². The quantitative estimate of drug-likeness (QED) is 0.0363. The van der Waals surface area contributed by atoms with Gasteiger partial charge in [0, 0.05) is 29.7 Å². The first-order chi connectivity index (χ1) is 23.2. The largest absolute Gasteiger partial charge is 0.494 e. The molecule has 9 heteroatoms. The van der Waals surface area contributed by atoms with Gasteiger partial charge in [-0.2, -0.15) is 0 Å². The molecule has 48 heavy (non-hydrogen) atoms. The predicted molar refractivity (Wildman–Crippen MR) is 192 cm³/mol. The summed E-state index contributed by atoms with van der Waals surface area (Å²) in [6.45, 7) is 10.9. The van der Waals surface area contributed by atoms with E-state index in [-0.39, 0.29) is 17.1 Å². The van der Waals surface area contributed by atoms with Crippen molar-refractivity contribution in [3.05, 3.63) is 95.6 Å². The van der Waals surface area contributed by atoms with E-state index >= 15 is 0 Å². The average Bonchev–Trinajstić information content (AvgIpc) is 3.08. The maximum atomic E-state index is 13.0. The van der Waals surface area contributed by atoms with Crippen LogP contribution in [0.25, 0.3) is 0 Å². The van der Waals surface area contributed by atoms with Gasteiger partial charge in [0.2, 0.25) is 5.12 Å². The minimum Gasteiger partial charge on any atom is -0.494 e. The van der Waals surface area contributed by atoms with Crippen molar-refractivity contribution in [2.24, 2.45) is 4.99 Å². The molecule has 0 aliphatic carbocycles. The minimum absolute atomic E-state index is 0.0260. The van der Waals surface area contributed by atoms with Gasteiger partial charge in [0.1, 0.15) is 11.5 Å². The molecule has 256 valence electrons. The number of hydrogen-bond donors (Lipinski definition) is 0. The number of unbranched alkanes of at least 4 members (excludes halogenated alkanes) is 6. The highest BCUT2D eigenvalue weighted by Crippen LogP contribution is 2.32. The molecule has 0 amide bonds. The fourth-order valence-corrected chi connectivity index (χ4v) is 5.52. The summed E-state index contributed by atoms with van der Waals surface area (Å²) in [5, 5.41) is -0.0260. The van der Waals surface area contributed by atoms with Crippen LogP contribution in [-0.2, 0) is 19.1 Å². The molecular formula is C39H47NO7S. The van der Waals surface area contributed by atoms with Crippen molar-refractivity contribution in [3.63, 3.8) is 0 Å². The molecule has 0 aliphatic heterocycles. The number of rotatable bonds is 21. The van der Waals surface area contributed by atoms with Gasteiger partial charge in [0.05, 0.1) is 32.1 Å². The molecule has 0 aromatic heterocycles. The van der Waals surface area contributed by atoms with E-state index in [1.165, 1.54) is 24.8 Å². The van der Waals surface area contributed by atoms with E-state index in [2.05, 4.69) is 6.58 Å². The number of esters is 2. The molecule has 8 nitrogen and oxygen atoms in total. The van der Waals surface area contributed by atoms with Crippen LogP contribution in [0.4, 0.5) is 5.69 Å². The second-order valence-electron chi connectivity index (χ2n) is 11.4. The number of ether oxygens (including phenoxy) is 4. The number of benzene rings is 3. The highest BCUT2D eigenvalue weighted by molar-refractivity contribution is 8.14. The summed E-state index contributed by atoms with van der Waals surface area (Å²) in [7, 11) is 0. The molecule has 0 saturated heterocycles. The molecule has 0 bridgehead atoms. The fraction of sp³-hybridized carbons (Fsp3) is 0.385. The molecule has 0 radical (unpaired) electrons. The Morgan fingerprint density at radius 3 is 1.81 bits per heavy atom. The van der Waals surface area contributed by atoms with Gasteiger partial charge in [0.15, 0.2) is 0 Å². The zero-order valence-corrected chi connectivity index (χ0v) is 29.2. The number of aryl methyl sites for hydroxylation is 2. The Kier molecular flexibility index (Phi) is 17.1. The van der Waals surface area contributed by atoms with Crippen molar-refractivity contribution >= 4 is 40.7 Å². The van der Waals surface area contributed by atoms with Gasteiger partial charge in [-0.05, 0) is 154 Å². The van der Waals surface area contributed by atoms with Gasteiger partial charge >= 0.3 is 11.9 Å². The Labute approximate surface area is 288 Å². The molecule has 0 spiro atoms. The lowest BCUT2D eigenvalue weighted by Gasteiger charge is -2.10. The smallest absolute Gasteiger partial charge is 0.330 e. The molecule has 0 unspecified atom stereocenters. The molecule has 0 saturated carbocycles. The Hall–Kier alpha value is -4.37. The minimum atomic E-state index is -0.376. The Bertz CT molecular complexity index is 1500. The van der Waals surface area contributed by atoms with Crippen LogP contribution in [-0.4, -0.2) is 49.7 Å². The molecule has 3 aromatic rings. The van der Waals surface area contributed by atoms with Crippen LogP contribution in [0.3, 0.4) is 0 Å². The highest BCUT2D eigenvalue weighted by Gasteiger charge is 2.12. The van der Waals surface area contributed by atoms with E-state index in [0.29, 0.717) is 32.0 Å². The van der Waals surface area contributed by atoms with Crippen molar-refractivity contribution in [1.82, 2.24) is 0 Å². The molecule has 0 heterocycles. The van der Waals surface area contributed by atoms with Crippen LogP contribution < -0.4 is 9.47 Å². The number of carbonyl (C=O) groups is 3. The number of hydrogen-bond acceptors (Lipinski definition) is 9. The lowest BCUT2D eigenvalue weighted by molar-refractivity contribution is -0.141. The average molecular weight is 674 g/mol. The first kappa shape index (κ1) is 38.1. The van der Waals surface area contributed by atoms with Gasteiger partial charge < -0.3 is 18.9 Å². The number of aliphatic imine (C=N–C) groups is 1. The normalized spacial score (nSPS) is 10.9. The zero-order chi connectivity index (χ0) is 34.6. The van der Waals surface area contributed by atoms with Gasteiger partial charge in [0.25, 0.3) is 0 Å².